The lowest BCUT2D eigenvalue weighted by Gasteiger charge is -2.18. The Morgan fingerprint density at radius 1 is 0.317 bits per heavy atom. The van der Waals surface area contributed by atoms with E-state index in [1.165, 1.54) is 161 Å². The van der Waals surface area contributed by atoms with Crippen LogP contribution in [0.5, 0.6) is 0 Å². The van der Waals surface area contributed by atoms with Crippen LogP contribution < -0.4 is 0 Å². The molecule has 0 amide bonds. The fourth-order valence-corrected chi connectivity index (χ4v) is 7.95. The van der Waals surface area contributed by atoms with Gasteiger partial charge in [-0.25, -0.2) is 0 Å². The molecular formula is C57H104O6. The Morgan fingerprint density at radius 3 is 0.952 bits per heavy atom. The molecule has 0 aliphatic rings. The second kappa shape index (κ2) is 52.3. The number of ether oxygens (including phenoxy) is 3. The Labute approximate surface area is 391 Å². The van der Waals surface area contributed by atoms with Crippen molar-refractivity contribution in [1.82, 2.24) is 0 Å². The first-order valence-electron chi connectivity index (χ1n) is 27.5. The van der Waals surface area contributed by atoms with Gasteiger partial charge < -0.3 is 14.2 Å². The minimum absolute atomic E-state index is 0.0754. The summed E-state index contributed by atoms with van der Waals surface area (Å²) >= 11 is 0. The van der Waals surface area contributed by atoms with Crippen molar-refractivity contribution < 1.29 is 28.6 Å². The molecule has 1 atom stereocenters. The third-order valence-electron chi connectivity index (χ3n) is 12.1. The zero-order valence-corrected chi connectivity index (χ0v) is 42.1. The zero-order valence-electron chi connectivity index (χ0n) is 42.1. The molecule has 0 radical (unpaired) electrons. The quantitative estimate of drug-likeness (QED) is 0.0262. The summed E-state index contributed by atoms with van der Waals surface area (Å²) in [6.07, 6.45) is 61.6. The summed E-state index contributed by atoms with van der Waals surface area (Å²) in [7, 11) is 0. The maximum atomic E-state index is 12.7. The molecule has 0 N–H and O–H groups in total. The molecule has 63 heavy (non-hydrogen) atoms. The average molecular weight is 885 g/mol. The topological polar surface area (TPSA) is 78.9 Å². The van der Waals surface area contributed by atoms with Gasteiger partial charge in [0, 0.05) is 19.3 Å². The molecule has 0 aromatic carbocycles. The maximum Gasteiger partial charge on any atom is 0.306 e. The van der Waals surface area contributed by atoms with Gasteiger partial charge in [0.25, 0.3) is 0 Å². The SMILES string of the molecule is CCC/C=C\C/C=C\CCCCCCCC(=O)OC(COC(=O)CCCCCCCCC)COC(=O)CCCCCCCCCCCCCCC/C=C\CCCCCCCCCC. The van der Waals surface area contributed by atoms with Gasteiger partial charge in [-0.1, -0.05) is 237 Å². The van der Waals surface area contributed by atoms with Crippen LogP contribution in [0.4, 0.5) is 0 Å². The lowest BCUT2D eigenvalue weighted by Crippen LogP contribution is -2.30. The van der Waals surface area contributed by atoms with Crippen molar-refractivity contribution in [1.29, 1.82) is 0 Å². The number of carbonyl (C=O) groups is 3. The van der Waals surface area contributed by atoms with E-state index in [1.54, 1.807) is 0 Å². The molecule has 0 saturated carbocycles. The molecule has 0 aliphatic heterocycles. The van der Waals surface area contributed by atoms with Crippen molar-refractivity contribution in [2.75, 3.05) is 13.2 Å². The molecule has 0 rings (SSSR count). The molecule has 0 bridgehead atoms. The van der Waals surface area contributed by atoms with E-state index in [-0.39, 0.29) is 31.1 Å². The molecule has 0 heterocycles. The van der Waals surface area contributed by atoms with E-state index in [0.717, 1.165) is 89.9 Å². The molecule has 0 spiro atoms. The predicted octanol–water partition coefficient (Wildman–Crippen LogP) is 18.1. The molecule has 6 heteroatoms. The smallest absolute Gasteiger partial charge is 0.306 e. The van der Waals surface area contributed by atoms with E-state index in [0.29, 0.717) is 19.3 Å². The van der Waals surface area contributed by atoms with Crippen LogP contribution in [0.2, 0.25) is 0 Å². The van der Waals surface area contributed by atoms with Crippen molar-refractivity contribution in [3.8, 4) is 0 Å². The molecule has 0 aromatic rings. The van der Waals surface area contributed by atoms with Crippen LogP contribution in [-0.2, 0) is 28.6 Å². The Bertz CT molecular complexity index is 1060. The van der Waals surface area contributed by atoms with Crippen molar-refractivity contribution in [2.45, 2.75) is 297 Å². The van der Waals surface area contributed by atoms with Crippen molar-refractivity contribution in [2.24, 2.45) is 0 Å². The first-order chi connectivity index (χ1) is 31.0. The fourth-order valence-electron chi connectivity index (χ4n) is 7.95. The second-order valence-corrected chi connectivity index (χ2v) is 18.5. The van der Waals surface area contributed by atoms with Crippen LogP contribution in [0, 0.1) is 0 Å². The van der Waals surface area contributed by atoms with Crippen molar-refractivity contribution in [3.63, 3.8) is 0 Å². The molecule has 0 aromatic heterocycles. The number of hydrogen-bond donors (Lipinski definition) is 0. The average Bonchev–Trinajstić information content (AvgIpc) is 3.28. The van der Waals surface area contributed by atoms with E-state index < -0.39 is 6.10 Å². The number of carbonyl (C=O) groups excluding carboxylic acids is 3. The highest BCUT2D eigenvalue weighted by Crippen LogP contribution is 2.16. The normalized spacial score (nSPS) is 12.2. The molecule has 6 nitrogen and oxygen atoms in total. The number of rotatable bonds is 50. The highest BCUT2D eigenvalue weighted by atomic mass is 16.6. The molecule has 1 unspecified atom stereocenters. The summed E-state index contributed by atoms with van der Waals surface area (Å²) in [5, 5.41) is 0. The van der Waals surface area contributed by atoms with Gasteiger partial charge in [0.2, 0.25) is 0 Å². The van der Waals surface area contributed by atoms with Crippen LogP contribution in [0.15, 0.2) is 36.5 Å². The largest absolute Gasteiger partial charge is 0.462 e. The minimum atomic E-state index is -0.774. The van der Waals surface area contributed by atoms with E-state index >= 15 is 0 Å². The van der Waals surface area contributed by atoms with Crippen LogP contribution in [0.1, 0.15) is 290 Å². The Balaban J connectivity index is 4.10. The van der Waals surface area contributed by atoms with E-state index in [1.807, 2.05) is 0 Å². The molecular weight excluding hydrogens is 781 g/mol. The van der Waals surface area contributed by atoms with Gasteiger partial charge in [0.05, 0.1) is 0 Å². The van der Waals surface area contributed by atoms with Crippen LogP contribution in [0.25, 0.3) is 0 Å². The maximum absolute atomic E-state index is 12.7. The van der Waals surface area contributed by atoms with Crippen molar-refractivity contribution >= 4 is 17.9 Å². The molecule has 368 valence electrons. The highest BCUT2D eigenvalue weighted by molar-refractivity contribution is 5.71. The van der Waals surface area contributed by atoms with Gasteiger partial charge in [0.15, 0.2) is 6.10 Å². The summed E-state index contributed by atoms with van der Waals surface area (Å²) in [6, 6.07) is 0. The van der Waals surface area contributed by atoms with Crippen molar-refractivity contribution in [3.05, 3.63) is 36.5 Å². The van der Waals surface area contributed by atoms with E-state index in [4.69, 9.17) is 14.2 Å². The van der Waals surface area contributed by atoms with Crippen LogP contribution >= 0.6 is 0 Å². The van der Waals surface area contributed by atoms with Gasteiger partial charge in [-0.2, -0.15) is 0 Å². The fraction of sp³-hybridized carbons (Fsp3) is 0.842. The van der Waals surface area contributed by atoms with E-state index in [2.05, 4.69) is 57.2 Å². The standard InChI is InChI=1S/C57H104O6/c1-4-7-10-13-16-18-20-22-23-24-25-26-27-28-29-30-31-32-33-35-36-38-41-44-47-50-56(59)62-53-54(52-61-55(58)49-46-43-40-15-12-9-6-3)63-57(60)51-48-45-42-39-37-34-21-19-17-14-11-8-5-2/h11,14,19,21,24-25,54H,4-10,12-13,15-18,20,22-23,26-53H2,1-3H3/b14-11-,21-19-,25-24-. The summed E-state index contributed by atoms with van der Waals surface area (Å²) in [6.45, 7) is 6.54. The summed E-state index contributed by atoms with van der Waals surface area (Å²) < 4.78 is 16.7. The Kier molecular flexibility index (Phi) is 50.3. The molecule has 0 fully saturated rings. The first kappa shape index (κ1) is 60.6. The third-order valence-corrected chi connectivity index (χ3v) is 12.1. The number of hydrogen-bond acceptors (Lipinski definition) is 6. The van der Waals surface area contributed by atoms with Crippen LogP contribution in [-0.4, -0.2) is 37.2 Å². The van der Waals surface area contributed by atoms with E-state index in [9.17, 15) is 14.4 Å². The number of allylic oxidation sites excluding steroid dienone is 6. The van der Waals surface area contributed by atoms with Gasteiger partial charge >= 0.3 is 17.9 Å². The third kappa shape index (κ3) is 50.5. The summed E-state index contributed by atoms with van der Waals surface area (Å²) in [5.41, 5.74) is 0. The predicted molar refractivity (Wildman–Crippen MR) is 270 cm³/mol. The number of esters is 3. The van der Waals surface area contributed by atoms with Gasteiger partial charge in [-0.05, 0) is 70.6 Å². The minimum Gasteiger partial charge on any atom is -0.462 e. The summed E-state index contributed by atoms with van der Waals surface area (Å²) in [4.78, 5) is 37.8. The van der Waals surface area contributed by atoms with Gasteiger partial charge in [0.1, 0.15) is 13.2 Å². The first-order valence-corrected chi connectivity index (χ1v) is 27.5. The summed E-state index contributed by atoms with van der Waals surface area (Å²) in [5.74, 6) is -0.887. The van der Waals surface area contributed by atoms with Gasteiger partial charge in [-0.3, -0.25) is 14.4 Å². The molecule has 0 aliphatic carbocycles. The second-order valence-electron chi connectivity index (χ2n) is 18.5. The Morgan fingerprint density at radius 2 is 0.603 bits per heavy atom. The lowest BCUT2D eigenvalue weighted by molar-refractivity contribution is -0.167. The molecule has 0 saturated heterocycles. The van der Waals surface area contributed by atoms with Crippen LogP contribution in [0.3, 0.4) is 0 Å². The van der Waals surface area contributed by atoms with Gasteiger partial charge in [-0.15, -0.1) is 0 Å². The lowest BCUT2D eigenvalue weighted by atomic mass is 10.0. The number of unbranched alkanes of at least 4 members (excludes halogenated alkanes) is 33. The zero-order chi connectivity index (χ0) is 45.8. The highest BCUT2D eigenvalue weighted by Gasteiger charge is 2.19. The monoisotopic (exact) mass is 885 g/mol. The Hall–Kier alpha value is -2.37.